The van der Waals surface area contributed by atoms with E-state index in [1.165, 1.54) is 77.7 Å². The number of likely N-dealkylation sites (tertiary alicyclic amines) is 1. The lowest BCUT2D eigenvalue weighted by molar-refractivity contribution is 0.0799. The Kier molecular flexibility index (Phi) is 5.50. The minimum atomic E-state index is 0.589. The van der Waals surface area contributed by atoms with Crippen molar-refractivity contribution in [3.63, 3.8) is 0 Å². The summed E-state index contributed by atoms with van der Waals surface area (Å²) >= 11 is 0. The minimum absolute atomic E-state index is 0.589. The van der Waals surface area contributed by atoms with Crippen LogP contribution in [0, 0.1) is 11.3 Å². The molecule has 0 amide bonds. The van der Waals surface area contributed by atoms with Crippen LogP contribution in [-0.2, 0) is 0 Å². The highest BCUT2D eigenvalue weighted by atomic mass is 15.1. The summed E-state index contributed by atoms with van der Waals surface area (Å²) < 4.78 is 0. The lowest BCUT2D eigenvalue weighted by Gasteiger charge is -2.43. The first-order valence-corrected chi connectivity index (χ1v) is 8.21. The van der Waals surface area contributed by atoms with Crippen LogP contribution in [0.4, 0.5) is 0 Å². The molecule has 18 heavy (non-hydrogen) atoms. The van der Waals surface area contributed by atoms with Gasteiger partial charge in [-0.15, -0.1) is 0 Å². The van der Waals surface area contributed by atoms with Gasteiger partial charge in [0.2, 0.25) is 0 Å². The van der Waals surface area contributed by atoms with Gasteiger partial charge in [-0.2, -0.15) is 0 Å². The van der Waals surface area contributed by atoms with E-state index in [4.69, 9.17) is 0 Å². The quantitative estimate of drug-likeness (QED) is 0.808. The molecule has 0 aromatic carbocycles. The normalized spacial score (nSPS) is 31.7. The molecule has 0 bridgehead atoms. The van der Waals surface area contributed by atoms with Gasteiger partial charge in [-0.25, -0.2) is 0 Å². The highest BCUT2D eigenvalue weighted by Crippen LogP contribution is 2.34. The fourth-order valence-electron chi connectivity index (χ4n) is 4.02. The second-order valence-corrected chi connectivity index (χ2v) is 6.66. The molecule has 1 atom stereocenters. The Hall–Kier alpha value is -0.0800. The van der Waals surface area contributed by atoms with E-state index in [1.807, 2.05) is 0 Å². The van der Waals surface area contributed by atoms with Gasteiger partial charge in [0.05, 0.1) is 0 Å². The fraction of sp³-hybridized carbons (Fsp3) is 1.00. The first-order chi connectivity index (χ1) is 8.78. The number of hydrogen-bond acceptors (Lipinski definition) is 2. The van der Waals surface area contributed by atoms with E-state index in [2.05, 4.69) is 24.1 Å². The maximum absolute atomic E-state index is 3.64. The number of nitrogens with one attached hydrogen (secondary N) is 1. The monoisotopic (exact) mass is 252 g/mol. The molecule has 0 radical (unpaired) electrons. The molecule has 2 heteroatoms. The Morgan fingerprint density at radius 3 is 2.56 bits per heavy atom. The largest absolute Gasteiger partial charge is 0.316 e. The van der Waals surface area contributed by atoms with Gasteiger partial charge in [-0.3, -0.25) is 0 Å². The summed E-state index contributed by atoms with van der Waals surface area (Å²) in [5.41, 5.74) is 0.589. The zero-order chi connectivity index (χ0) is 12.8. The van der Waals surface area contributed by atoms with Crippen LogP contribution < -0.4 is 5.32 Å². The molecular weight excluding hydrogens is 220 g/mol. The van der Waals surface area contributed by atoms with E-state index in [9.17, 15) is 0 Å². The van der Waals surface area contributed by atoms with Crippen molar-refractivity contribution in [3.05, 3.63) is 0 Å². The van der Waals surface area contributed by atoms with Gasteiger partial charge in [0.15, 0.2) is 0 Å². The summed E-state index contributed by atoms with van der Waals surface area (Å²) in [6.07, 6.45) is 9.83. The van der Waals surface area contributed by atoms with E-state index >= 15 is 0 Å². The Labute approximate surface area is 114 Å². The van der Waals surface area contributed by atoms with Crippen molar-refractivity contribution >= 4 is 0 Å². The van der Waals surface area contributed by atoms with Crippen molar-refractivity contribution < 1.29 is 0 Å². The van der Waals surface area contributed by atoms with Gasteiger partial charge in [0, 0.05) is 13.1 Å². The molecule has 1 unspecified atom stereocenters. The van der Waals surface area contributed by atoms with Crippen molar-refractivity contribution in [1.82, 2.24) is 10.2 Å². The highest BCUT2D eigenvalue weighted by Gasteiger charge is 2.33. The van der Waals surface area contributed by atoms with Crippen LogP contribution in [-0.4, -0.2) is 37.6 Å². The number of hydrogen-bond donors (Lipinski definition) is 1. The molecule has 2 fully saturated rings. The molecule has 0 aliphatic carbocycles. The van der Waals surface area contributed by atoms with Crippen LogP contribution in [0.1, 0.15) is 58.8 Å². The van der Waals surface area contributed by atoms with E-state index < -0.39 is 0 Å². The summed E-state index contributed by atoms with van der Waals surface area (Å²) in [5, 5.41) is 3.64. The molecular formula is C16H32N2. The van der Waals surface area contributed by atoms with Crippen molar-refractivity contribution in [2.45, 2.75) is 58.8 Å². The molecule has 0 aromatic rings. The van der Waals surface area contributed by atoms with Crippen LogP contribution in [0.2, 0.25) is 0 Å². The van der Waals surface area contributed by atoms with Crippen LogP contribution in [0.5, 0.6) is 0 Å². The predicted molar refractivity (Wildman–Crippen MR) is 78.9 cm³/mol. The molecule has 1 N–H and O–H groups in total. The average molecular weight is 252 g/mol. The van der Waals surface area contributed by atoms with Gasteiger partial charge in [0.1, 0.15) is 0 Å². The van der Waals surface area contributed by atoms with Gasteiger partial charge in [-0.05, 0) is 63.1 Å². The van der Waals surface area contributed by atoms with Crippen LogP contribution in [0.3, 0.4) is 0 Å². The Morgan fingerprint density at radius 1 is 1.22 bits per heavy atom. The van der Waals surface area contributed by atoms with Gasteiger partial charge in [0.25, 0.3) is 0 Å². The molecule has 2 aliphatic heterocycles. The fourth-order valence-corrected chi connectivity index (χ4v) is 4.02. The molecule has 2 saturated heterocycles. The van der Waals surface area contributed by atoms with E-state index in [0.29, 0.717) is 5.41 Å². The SMILES string of the molecule is CCCC1(CN2CCC(CC)CC2)CCCNC1. The number of nitrogens with zero attached hydrogens (tertiary/aromatic N) is 1. The molecule has 0 spiro atoms. The molecule has 2 rings (SSSR count). The van der Waals surface area contributed by atoms with Gasteiger partial charge >= 0.3 is 0 Å². The standard InChI is InChI=1S/C16H32N2/c1-3-8-16(9-5-10-17-13-16)14-18-11-6-15(4-2)7-12-18/h15,17H,3-14H2,1-2H3. The average Bonchev–Trinajstić information content (AvgIpc) is 2.41. The van der Waals surface area contributed by atoms with E-state index in [0.717, 1.165) is 5.92 Å². The topological polar surface area (TPSA) is 15.3 Å². The number of rotatable bonds is 5. The number of piperidine rings is 2. The third kappa shape index (κ3) is 3.71. The summed E-state index contributed by atoms with van der Waals surface area (Å²) in [6, 6.07) is 0. The lowest BCUT2D eigenvalue weighted by atomic mass is 9.76. The first kappa shape index (κ1) is 14.3. The molecule has 106 valence electrons. The van der Waals surface area contributed by atoms with E-state index in [-0.39, 0.29) is 0 Å². The highest BCUT2D eigenvalue weighted by molar-refractivity contribution is 4.89. The van der Waals surface area contributed by atoms with E-state index in [1.54, 1.807) is 0 Å². The zero-order valence-electron chi connectivity index (χ0n) is 12.5. The summed E-state index contributed by atoms with van der Waals surface area (Å²) in [6.45, 7) is 11.2. The van der Waals surface area contributed by atoms with Crippen LogP contribution in [0.15, 0.2) is 0 Å². The maximum Gasteiger partial charge on any atom is 0.00501 e. The molecule has 2 heterocycles. The lowest BCUT2D eigenvalue weighted by Crippen LogP contribution is -2.49. The third-order valence-corrected chi connectivity index (χ3v) is 5.18. The third-order valence-electron chi connectivity index (χ3n) is 5.18. The summed E-state index contributed by atoms with van der Waals surface area (Å²) in [7, 11) is 0. The van der Waals surface area contributed by atoms with Crippen molar-refractivity contribution in [1.29, 1.82) is 0 Å². The van der Waals surface area contributed by atoms with Crippen molar-refractivity contribution in [2.24, 2.45) is 11.3 Å². The molecule has 2 nitrogen and oxygen atoms in total. The second-order valence-electron chi connectivity index (χ2n) is 6.66. The summed E-state index contributed by atoms with van der Waals surface area (Å²) in [4.78, 5) is 2.76. The molecule has 0 aromatic heterocycles. The molecule has 0 saturated carbocycles. The van der Waals surface area contributed by atoms with Crippen LogP contribution >= 0.6 is 0 Å². The smallest absolute Gasteiger partial charge is 0.00501 e. The second kappa shape index (κ2) is 6.91. The van der Waals surface area contributed by atoms with Gasteiger partial charge < -0.3 is 10.2 Å². The minimum Gasteiger partial charge on any atom is -0.316 e. The van der Waals surface area contributed by atoms with Crippen LogP contribution in [0.25, 0.3) is 0 Å². The predicted octanol–water partition coefficient (Wildman–Crippen LogP) is 3.28. The van der Waals surface area contributed by atoms with Crippen molar-refractivity contribution in [3.8, 4) is 0 Å². The molecule has 2 aliphatic rings. The zero-order valence-corrected chi connectivity index (χ0v) is 12.5. The maximum atomic E-state index is 3.64. The Balaban J connectivity index is 1.85. The van der Waals surface area contributed by atoms with Gasteiger partial charge in [-0.1, -0.05) is 26.7 Å². The summed E-state index contributed by atoms with van der Waals surface area (Å²) in [5.74, 6) is 1.01. The Morgan fingerprint density at radius 2 is 2.00 bits per heavy atom. The first-order valence-electron chi connectivity index (χ1n) is 8.21. The Bertz CT molecular complexity index is 220. The van der Waals surface area contributed by atoms with Crippen molar-refractivity contribution in [2.75, 3.05) is 32.7 Å².